The number of H-pyrrole nitrogens is 1. The zero-order valence-corrected chi connectivity index (χ0v) is 13.8. The molecule has 3 rings (SSSR count). The number of pyridine rings is 1. The fourth-order valence-corrected chi connectivity index (χ4v) is 3.17. The summed E-state index contributed by atoms with van der Waals surface area (Å²) < 4.78 is 0. The molecule has 2 atom stereocenters. The molecule has 1 amide bonds. The number of carbonyl (C=O) groups is 2. The lowest BCUT2D eigenvalue weighted by atomic mass is 9.92. The van der Waals surface area contributed by atoms with Gasteiger partial charge in [-0.2, -0.15) is 5.26 Å². The first-order valence-corrected chi connectivity index (χ1v) is 8.12. The summed E-state index contributed by atoms with van der Waals surface area (Å²) in [4.78, 5) is 32.4. The first-order chi connectivity index (χ1) is 12.0. The lowest BCUT2D eigenvalue weighted by Gasteiger charge is -2.38. The largest absolute Gasteiger partial charge is 0.478 e. The van der Waals surface area contributed by atoms with E-state index in [1.807, 2.05) is 6.07 Å². The van der Waals surface area contributed by atoms with Gasteiger partial charge in [-0.1, -0.05) is 6.92 Å². The van der Waals surface area contributed by atoms with Crippen molar-refractivity contribution in [3.63, 3.8) is 0 Å². The van der Waals surface area contributed by atoms with Crippen molar-refractivity contribution >= 4 is 28.6 Å². The summed E-state index contributed by atoms with van der Waals surface area (Å²) in [5.74, 6) is -0.991. The monoisotopic (exact) mass is 341 g/mol. The summed E-state index contributed by atoms with van der Waals surface area (Å²) in [6, 6.07) is 3.56. The van der Waals surface area contributed by atoms with Gasteiger partial charge in [0.05, 0.1) is 11.8 Å². The number of likely N-dealkylation sites (tertiary alicyclic amines) is 1. The van der Waals surface area contributed by atoms with E-state index in [2.05, 4.69) is 22.2 Å². The molecule has 3 N–H and O–H groups in total. The number of nitrogens with one attached hydrogen (secondary N) is 2. The molecule has 130 valence electrons. The van der Waals surface area contributed by atoms with Gasteiger partial charge >= 0.3 is 5.97 Å². The van der Waals surface area contributed by atoms with Crippen molar-refractivity contribution in [1.82, 2.24) is 14.9 Å². The molecule has 2 aromatic heterocycles. The van der Waals surface area contributed by atoms with E-state index in [0.29, 0.717) is 29.8 Å². The summed E-state index contributed by atoms with van der Waals surface area (Å²) >= 11 is 0. The van der Waals surface area contributed by atoms with Crippen LogP contribution in [0, 0.1) is 17.2 Å². The van der Waals surface area contributed by atoms with E-state index >= 15 is 0 Å². The van der Waals surface area contributed by atoms with Crippen LogP contribution >= 0.6 is 0 Å². The minimum absolute atomic E-state index is 0.0970. The van der Waals surface area contributed by atoms with Gasteiger partial charge in [0, 0.05) is 36.9 Å². The number of anilines is 1. The number of rotatable bonds is 4. The SMILES string of the molecule is C[C@@H]1CCN(C(=O)CC#N)CC1Nc1c(C(=O)O)cnc2[nH]ccc12. The number of nitriles is 1. The topological polar surface area (TPSA) is 122 Å². The fraction of sp³-hybridized carbons (Fsp3) is 0.412. The van der Waals surface area contributed by atoms with E-state index < -0.39 is 5.97 Å². The Labute approximate surface area is 144 Å². The quantitative estimate of drug-likeness (QED) is 0.780. The van der Waals surface area contributed by atoms with Crippen molar-refractivity contribution in [2.45, 2.75) is 25.8 Å². The molecule has 1 aliphatic heterocycles. The van der Waals surface area contributed by atoms with Gasteiger partial charge in [0.2, 0.25) is 5.91 Å². The van der Waals surface area contributed by atoms with E-state index in [4.69, 9.17) is 5.26 Å². The molecule has 1 unspecified atom stereocenters. The highest BCUT2D eigenvalue weighted by molar-refractivity contribution is 6.03. The number of aromatic nitrogens is 2. The van der Waals surface area contributed by atoms with Gasteiger partial charge in [0.25, 0.3) is 0 Å². The normalized spacial score (nSPS) is 20.2. The predicted molar refractivity (Wildman–Crippen MR) is 91.1 cm³/mol. The lowest BCUT2D eigenvalue weighted by Crippen LogP contribution is -2.49. The molecule has 0 saturated carbocycles. The minimum Gasteiger partial charge on any atom is -0.478 e. The number of hydrogen-bond acceptors (Lipinski definition) is 5. The molecule has 25 heavy (non-hydrogen) atoms. The molecular weight excluding hydrogens is 322 g/mol. The van der Waals surface area contributed by atoms with Crippen LogP contribution in [0.25, 0.3) is 11.0 Å². The summed E-state index contributed by atoms with van der Waals surface area (Å²) in [5, 5.41) is 22.2. The van der Waals surface area contributed by atoms with E-state index in [1.165, 1.54) is 6.20 Å². The van der Waals surface area contributed by atoms with Crippen molar-refractivity contribution in [3.05, 3.63) is 24.0 Å². The molecule has 0 radical (unpaired) electrons. The van der Waals surface area contributed by atoms with Crippen LogP contribution in [-0.4, -0.2) is 51.0 Å². The number of piperidine rings is 1. The molecule has 0 aromatic carbocycles. The van der Waals surface area contributed by atoms with Gasteiger partial charge in [0.1, 0.15) is 17.6 Å². The van der Waals surface area contributed by atoms with Gasteiger partial charge in [-0.3, -0.25) is 4.79 Å². The van der Waals surface area contributed by atoms with E-state index in [-0.39, 0.29) is 29.9 Å². The molecule has 0 spiro atoms. The molecule has 0 aliphatic carbocycles. The Morgan fingerprint density at radius 3 is 3.08 bits per heavy atom. The van der Waals surface area contributed by atoms with Gasteiger partial charge in [-0.05, 0) is 18.4 Å². The van der Waals surface area contributed by atoms with Crippen LogP contribution < -0.4 is 5.32 Å². The Balaban J connectivity index is 1.90. The zero-order chi connectivity index (χ0) is 18.0. The smallest absolute Gasteiger partial charge is 0.339 e. The van der Waals surface area contributed by atoms with Gasteiger partial charge in [-0.25, -0.2) is 9.78 Å². The first-order valence-electron chi connectivity index (χ1n) is 8.12. The highest BCUT2D eigenvalue weighted by Gasteiger charge is 2.30. The third kappa shape index (κ3) is 3.26. The van der Waals surface area contributed by atoms with Gasteiger partial charge < -0.3 is 20.3 Å². The maximum Gasteiger partial charge on any atom is 0.339 e. The molecule has 8 nitrogen and oxygen atoms in total. The van der Waals surface area contributed by atoms with Crippen LogP contribution in [0.1, 0.15) is 30.1 Å². The van der Waals surface area contributed by atoms with Crippen LogP contribution in [0.15, 0.2) is 18.5 Å². The predicted octanol–water partition coefficient (Wildman–Crippen LogP) is 1.82. The number of aromatic carboxylic acids is 1. The number of nitrogens with zero attached hydrogens (tertiary/aromatic N) is 3. The van der Waals surface area contributed by atoms with Crippen LogP contribution in [0.5, 0.6) is 0 Å². The average Bonchev–Trinajstić information content (AvgIpc) is 3.06. The van der Waals surface area contributed by atoms with Crippen molar-refractivity contribution in [3.8, 4) is 6.07 Å². The first kappa shape index (κ1) is 16.8. The average molecular weight is 341 g/mol. The van der Waals surface area contributed by atoms with E-state index in [0.717, 1.165) is 6.42 Å². The summed E-state index contributed by atoms with van der Waals surface area (Å²) in [7, 11) is 0. The van der Waals surface area contributed by atoms with Gasteiger partial charge in [-0.15, -0.1) is 0 Å². The molecule has 0 bridgehead atoms. The molecule has 1 aliphatic rings. The third-order valence-corrected chi connectivity index (χ3v) is 4.69. The van der Waals surface area contributed by atoms with Crippen molar-refractivity contribution in [2.24, 2.45) is 5.92 Å². The standard InChI is InChI=1S/C17H19N5O3/c1-10-4-7-22(14(23)2-5-18)9-13(10)21-15-11-3-6-19-16(11)20-8-12(15)17(24)25/h3,6,8,10,13H,2,4,7,9H2,1H3,(H,24,25)(H2,19,20,21)/t10-,13?/m1/s1. The van der Waals surface area contributed by atoms with Crippen molar-refractivity contribution < 1.29 is 14.7 Å². The minimum atomic E-state index is -1.06. The second kappa shape index (κ2) is 6.81. The number of amides is 1. The third-order valence-electron chi connectivity index (χ3n) is 4.69. The second-order valence-electron chi connectivity index (χ2n) is 6.28. The number of aromatic amines is 1. The Hall–Kier alpha value is -3.08. The van der Waals surface area contributed by atoms with E-state index in [1.54, 1.807) is 17.2 Å². The number of hydrogen-bond donors (Lipinski definition) is 3. The number of carboxylic acids is 1. The Morgan fingerprint density at radius 1 is 1.56 bits per heavy atom. The number of carbonyl (C=O) groups excluding carboxylic acids is 1. The molecule has 1 saturated heterocycles. The summed E-state index contributed by atoms with van der Waals surface area (Å²) in [6.07, 6.45) is 3.69. The number of fused-ring (bicyclic) bond motifs is 1. The molecule has 2 aromatic rings. The Bertz CT molecular complexity index is 854. The Morgan fingerprint density at radius 2 is 2.36 bits per heavy atom. The maximum absolute atomic E-state index is 12.0. The maximum atomic E-state index is 12.0. The lowest BCUT2D eigenvalue weighted by molar-refractivity contribution is -0.131. The molecule has 3 heterocycles. The van der Waals surface area contributed by atoms with Crippen LogP contribution in [0.2, 0.25) is 0 Å². The molecule has 1 fully saturated rings. The highest BCUT2D eigenvalue weighted by atomic mass is 16.4. The van der Waals surface area contributed by atoms with Crippen LogP contribution in [0.3, 0.4) is 0 Å². The van der Waals surface area contributed by atoms with Crippen molar-refractivity contribution in [1.29, 1.82) is 5.26 Å². The second-order valence-corrected chi connectivity index (χ2v) is 6.28. The van der Waals surface area contributed by atoms with Gasteiger partial charge in [0.15, 0.2) is 0 Å². The van der Waals surface area contributed by atoms with Crippen molar-refractivity contribution in [2.75, 3.05) is 18.4 Å². The highest BCUT2D eigenvalue weighted by Crippen LogP contribution is 2.29. The van der Waals surface area contributed by atoms with E-state index in [9.17, 15) is 14.7 Å². The fourth-order valence-electron chi connectivity index (χ4n) is 3.17. The summed E-state index contributed by atoms with van der Waals surface area (Å²) in [5.41, 5.74) is 1.21. The molecule has 8 heteroatoms. The summed E-state index contributed by atoms with van der Waals surface area (Å²) in [6.45, 7) is 3.12. The number of carboxylic acid groups (broad SMARTS) is 1. The van der Waals surface area contributed by atoms with Crippen LogP contribution in [0.4, 0.5) is 5.69 Å². The zero-order valence-electron chi connectivity index (χ0n) is 13.8. The molecular formula is C17H19N5O3. The Kier molecular flexibility index (Phi) is 4.57. The van der Waals surface area contributed by atoms with Crippen LogP contribution in [-0.2, 0) is 4.79 Å².